The van der Waals surface area contributed by atoms with Gasteiger partial charge in [0.15, 0.2) is 5.78 Å². The molecule has 3 atom stereocenters. The lowest BCUT2D eigenvalue weighted by atomic mass is 9.64. The van der Waals surface area contributed by atoms with Crippen LogP contribution in [0.25, 0.3) is 0 Å². The third kappa shape index (κ3) is 1.09. The molecule has 0 aliphatic heterocycles. The fraction of sp³-hybridized carbons (Fsp3) is 0.750. The van der Waals surface area contributed by atoms with E-state index >= 15 is 0 Å². The molecule has 2 aliphatic carbocycles. The average Bonchev–Trinajstić information content (AvgIpc) is 2.39. The largest absolute Gasteiger partial charge is 0.295 e. The van der Waals surface area contributed by atoms with E-state index in [2.05, 4.69) is 20.4 Å². The van der Waals surface area contributed by atoms with Crippen LogP contribution in [0.4, 0.5) is 0 Å². The molecule has 0 aromatic carbocycles. The molecule has 2 rings (SSSR count). The second-order valence-corrected chi connectivity index (χ2v) is 4.99. The van der Waals surface area contributed by atoms with Crippen molar-refractivity contribution >= 4 is 5.78 Å². The highest BCUT2D eigenvalue weighted by Gasteiger charge is 2.48. The molecular weight excluding hydrogens is 160 g/mol. The van der Waals surface area contributed by atoms with Gasteiger partial charge in [0.25, 0.3) is 0 Å². The number of allylic oxidation sites excluding steroid dienone is 1. The summed E-state index contributed by atoms with van der Waals surface area (Å²) < 4.78 is 0. The minimum Gasteiger partial charge on any atom is -0.295 e. The standard InChI is InChI=1S/C12H18O/c1-8-4-5-10-9(2)11(13)6-7-12(8,10)3/h8,10H,2,4-7H2,1,3H3/t8-,10-,12+/m1/s1. The number of hydrogen-bond donors (Lipinski definition) is 0. The van der Waals surface area contributed by atoms with Crippen LogP contribution < -0.4 is 0 Å². The molecule has 0 amide bonds. The minimum absolute atomic E-state index is 0.316. The van der Waals surface area contributed by atoms with Gasteiger partial charge in [-0.1, -0.05) is 20.4 Å². The maximum Gasteiger partial charge on any atom is 0.158 e. The Labute approximate surface area is 80.2 Å². The van der Waals surface area contributed by atoms with Crippen LogP contribution in [-0.4, -0.2) is 5.78 Å². The number of Topliss-reactive ketones (excluding diaryl/α,β-unsaturated/α-hetero) is 1. The third-order valence-electron chi connectivity index (χ3n) is 4.48. The Hall–Kier alpha value is -0.590. The quantitative estimate of drug-likeness (QED) is 0.521. The first-order valence-electron chi connectivity index (χ1n) is 5.27. The van der Waals surface area contributed by atoms with Crippen molar-refractivity contribution in [3.8, 4) is 0 Å². The summed E-state index contributed by atoms with van der Waals surface area (Å²) in [6, 6.07) is 0. The second kappa shape index (κ2) is 2.70. The molecule has 72 valence electrons. The molecule has 0 N–H and O–H groups in total. The maximum absolute atomic E-state index is 11.5. The summed E-state index contributed by atoms with van der Waals surface area (Å²) >= 11 is 0. The Morgan fingerprint density at radius 1 is 1.46 bits per heavy atom. The molecule has 0 radical (unpaired) electrons. The summed E-state index contributed by atoms with van der Waals surface area (Å²) in [6.07, 6.45) is 4.27. The van der Waals surface area contributed by atoms with E-state index in [1.54, 1.807) is 0 Å². The van der Waals surface area contributed by atoms with Gasteiger partial charge in [-0.05, 0) is 42.1 Å². The van der Waals surface area contributed by atoms with Crippen LogP contribution in [-0.2, 0) is 4.79 Å². The smallest absolute Gasteiger partial charge is 0.158 e. The van der Waals surface area contributed by atoms with Crippen LogP contribution in [0, 0.1) is 17.3 Å². The molecule has 2 aliphatic rings. The summed E-state index contributed by atoms with van der Waals surface area (Å²) in [5.74, 6) is 1.57. The van der Waals surface area contributed by atoms with Gasteiger partial charge in [0, 0.05) is 6.42 Å². The highest BCUT2D eigenvalue weighted by molar-refractivity contribution is 5.96. The van der Waals surface area contributed by atoms with Crippen molar-refractivity contribution < 1.29 is 4.79 Å². The van der Waals surface area contributed by atoms with E-state index in [9.17, 15) is 4.79 Å². The van der Waals surface area contributed by atoms with Crippen molar-refractivity contribution in [2.45, 2.75) is 39.5 Å². The van der Waals surface area contributed by atoms with Gasteiger partial charge < -0.3 is 0 Å². The van der Waals surface area contributed by atoms with Gasteiger partial charge in [0.05, 0.1) is 0 Å². The van der Waals surface area contributed by atoms with Crippen molar-refractivity contribution in [2.24, 2.45) is 17.3 Å². The van der Waals surface area contributed by atoms with E-state index in [1.807, 2.05) is 0 Å². The van der Waals surface area contributed by atoms with Crippen molar-refractivity contribution in [2.75, 3.05) is 0 Å². The fourth-order valence-electron chi connectivity index (χ4n) is 3.15. The van der Waals surface area contributed by atoms with E-state index < -0.39 is 0 Å². The second-order valence-electron chi connectivity index (χ2n) is 4.99. The summed E-state index contributed by atoms with van der Waals surface area (Å²) in [5, 5.41) is 0. The molecule has 0 bridgehead atoms. The molecule has 0 spiro atoms. The lowest BCUT2D eigenvalue weighted by Gasteiger charge is -2.40. The molecule has 0 saturated heterocycles. The van der Waals surface area contributed by atoms with E-state index in [0.717, 1.165) is 24.3 Å². The zero-order chi connectivity index (χ0) is 9.64. The molecule has 13 heavy (non-hydrogen) atoms. The molecule has 1 nitrogen and oxygen atoms in total. The molecule has 0 heterocycles. The molecule has 1 heteroatoms. The Morgan fingerprint density at radius 2 is 2.15 bits per heavy atom. The third-order valence-corrected chi connectivity index (χ3v) is 4.48. The predicted molar refractivity (Wildman–Crippen MR) is 53.4 cm³/mol. The first-order chi connectivity index (χ1) is 6.05. The topological polar surface area (TPSA) is 17.1 Å². The predicted octanol–water partition coefficient (Wildman–Crippen LogP) is 2.96. The Balaban J connectivity index is 2.31. The maximum atomic E-state index is 11.5. The van der Waals surface area contributed by atoms with Crippen molar-refractivity contribution in [3.05, 3.63) is 12.2 Å². The highest BCUT2D eigenvalue weighted by Crippen LogP contribution is 2.55. The van der Waals surface area contributed by atoms with E-state index in [4.69, 9.17) is 0 Å². The van der Waals surface area contributed by atoms with Gasteiger partial charge in [-0.15, -0.1) is 0 Å². The van der Waals surface area contributed by atoms with Gasteiger partial charge >= 0.3 is 0 Å². The Bertz CT molecular complexity index is 266. The van der Waals surface area contributed by atoms with Gasteiger partial charge in [0.2, 0.25) is 0 Å². The number of fused-ring (bicyclic) bond motifs is 1. The minimum atomic E-state index is 0.316. The molecule has 0 aromatic heterocycles. The fourth-order valence-corrected chi connectivity index (χ4v) is 3.15. The van der Waals surface area contributed by atoms with Crippen LogP contribution in [0.3, 0.4) is 0 Å². The first-order valence-corrected chi connectivity index (χ1v) is 5.27. The molecule has 2 fully saturated rings. The van der Waals surface area contributed by atoms with Crippen LogP contribution in [0.5, 0.6) is 0 Å². The molecule has 2 saturated carbocycles. The monoisotopic (exact) mass is 178 g/mol. The Kier molecular flexibility index (Phi) is 1.86. The summed E-state index contributed by atoms with van der Waals surface area (Å²) in [4.78, 5) is 11.5. The van der Waals surface area contributed by atoms with Gasteiger partial charge in [-0.3, -0.25) is 4.79 Å². The van der Waals surface area contributed by atoms with Crippen molar-refractivity contribution in [3.63, 3.8) is 0 Å². The van der Waals surface area contributed by atoms with Gasteiger partial charge in [-0.25, -0.2) is 0 Å². The lowest BCUT2D eigenvalue weighted by molar-refractivity contribution is -0.119. The normalized spacial score (nSPS) is 45.1. The number of ketones is 1. The van der Waals surface area contributed by atoms with Gasteiger partial charge in [-0.2, -0.15) is 0 Å². The SMILES string of the molecule is C=C1C(=O)CC[C@@]2(C)[C@H](C)CC[C@H]12. The van der Waals surface area contributed by atoms with Crippen molar-refractivity contribution in [1.82, 2.24) is 0 Å². The summed E-state index contributed by atoms with van der Waals surface area (Å²) in [6.45, 7) is 8.63. The number of hydrogen-bond acceptors (Lipinski definition) is 1. The highest BCUT2D eigenvalue weighted by atomic mass is 16.1. The zero-order valence-corrected chi connectivity index (χ0v) is 8.60. The van der Waals surface area contributed by atoms with E-state index in [1.165, 1.54) is 12.8 Å². The molecule has 0 aromatic rings. The molecular formula is C12H18O. The number of rotatable bonds is 0. The Morgan fingerprint density at radius 3 is 2.85 bits per heavy atom. The lowest BCUT2D eigenvalue weighted by Crippen LogP contribution is -2.35. The van der Waals surface area contributed by atoms with Crippen LogP contribution >= 0.6 is 0 Å². The van der Waals surface area contributed by atoms with Crippen LogP contribution in [0.1, 0.15) is 39.5 Å². The van der Waals surface area contributed by atoms with E-state index in [-0.39, 0.29) is 0 Å². The van der Waals surface area contributed by atoms with Crippen LogP contribution in [0.15, 0.2) is 12.2 Å². The van der Waals surface area contributed by atoms with E-state index in [0.29, 0.717) is 17.1 Å². The summed E-state index contributed by atoms with van der Waals surface area (Å²) in [7, 11) is 0. The summed E-state index contributed by atoms with van der Waals surface area (Å²) in [5.41, 5.74) is 1.29. The number of carbonyl (C=O) groups is 1. The molecule has 0 unspecified atom stereocenters. The van der Waals surface area contributed by atoms with Gasteiger partial charge in [0.1, 0.15) is 0 Å². The first kappa shape index (κ1) is 8.98. The number of carbonyl (C=O) groups excluding carboxylic acids is 1. The van der Waals surface area contributed by atoms with Crippen molar-refractivity contribution in [1.29, 1.82) is 0 Å². The average molecular weight is 178 g/mol. The zero-order valence-electron chi connectivity index (χ0n) is 8.60. The van der Waals surface area contributed by atoms with Crippen LogP contribution in [0.2, 0.25) is 0 Å².